The smallest absolute Gasteiger partial charge is 0.0768 e. The minimum absolute atomic E-state index is 0.359. The SMILES string of the molecule is CCC1CN(CC(O)(CC)CC)CCC1N. The zero-order valence-corrected chi connectivity index (χ0v) is 11.1. The second-order valence-corrected chi connectivity index (χ2v) is 5.29. The second kappa shape index (κ2) is 5.99. The van der Waals surface area contributed by atoms with Gasteiger partial charge in [-0.25, -0.2) is 0 Å². The normalized spacial score (nSPS) is 28.3. The fraction of sp³-hybridized carbons (Fsp3) is 1.00. The number of hydrogen-bond acceptors (Lipinski definition) is 3. The molecule has 1 saturated heterocycles. The summed E-state index contributed by atoms with van der Waals surface area (Å²) in [6, 6.07) is 0.359. The van der Waals surface area contributed by atoms with Gasteiger partial charge >= 0.3 is 0 Å². The summed E-state index contributed by atoms with van der Waals surface area (Å²) in [4.78, 5) is 2.39. The fourth-order valence-corrected chi connectivity index (χ4v) is 2.59. The largest absolute Gasteiger partial charge is 0.389 e. The number of β-amino-alcohol motifs (C(OH)–C–C–N with tert-alkyl or cyclic N) is 1. The molecule has 3 nitrogen and oxygen atoms in total. The van der Waals surface area contributed by atoms with Crippen molar-refractivity contribution in [1.82, 2.24) is 4.90 Å². The molecule has 3 N–H and O–H groups in total. The molecule has 0 amide bonds. The van der Waals surface area contributed by atoms with Crippen molar-refractivity contribution in [1.29, 1.82) is 0 Å². The standard InChI is InChI=1S/C13H28N2O/c1-4-11-9-15(8-7-12(11)14)10-13(16,5-2)6-3/h11-12,16H,4-10,14H2,1-3H3. The Bertz CT molecular complexity index is 204. The molecule has 1 heterocycles. The summed E-state index contributed by atoms with van der Waals surface area (Å²) < 4.78 is 0. The molecule has 0 aromatic carbocycles. The highest BCUT2D eigenvalue weighted by Gasteiger charge is 2.30. The van der Waals surface area contributed by atoms with Crippen molar-refractivity contribution >= 4 is 0 Å². The lowest BCUT2D eigenvalue weighted by atomic mass is 9.88. The predicted octanol–water partition coefficient (Wildman–Crippen LogP) is 1.60. The third-order valence-electron chi connectivity index (χ3n) is 4.24. The van der Waals surface area contributed by atoms with Gasteiger partial charge in [0.05, 0.1) is 5.60 Å². The molecule has 1 rings (SSSR count). The Morgan fingerprint density at radius 3 is 2.44 bits per heavy atom. The van der Waals surface area contributed by atoms with E-state index in [0.29, 0.717) is 12.0 Å². The average Bonchev–Trinajstić information content (AvgIpc) is 2.31. The van der Waals surface area contributed by atoms with Crippen LogP contribution in [0.2, 0.25) is 0 Å². The molecule has 0 aromatic heterocycles. The van der Waals surface area contributed by atoms with E-state index in [4.69, 9.17) is 5.73 Å². The summed E-state index contributed by atoms with van der Waals surface area (Å²) in [5, 5.41) is 10.3. The van der Waals surface area contributed by atoms with Crippen molar-refractivity contribution in [2.24, 2.45) is 11.7 Å². The van der Waals surface area contributed by atoms with E-state index in [1.54, 1.807) is 0 Å². The number of nitrogens with zero attached hydrogens (tertiary/aromatic N) is 1. The summed E-state index contributed by atoms with van der Waals surface area (Å²) >= 11 is 0. The van der Waals surface area contributed by atoms with Crippen molar-refractivity contribution in [3.8, 4) is 0 Å². The van der Waals surface area contributed by atoms with Crippen molar-refractivity contribution < 1.29 is 5.11 Å². The van der Waals surface area contributed by atoms with Crippen molar-refractivity contribution in [3.05, 3.63) is 0 Å². The van der Waals surface area contributed by atoms with Crippen LogP contribution in [-0.4, -0.2) is 41.3 Å². The van der Waals surface area contributed by atoms with E-state index in [1.165, 1.54) is 0 Å². The van der Waals surface area contributed by atoms with Crippen LogP contribution < -0.4 is 5.73 Å². The molecule has 0 radical (unpaired) electrons. The predicted molar refractivity (Wildman–Crippen MR) is 68.3 cm³/mol. The summed E-state index contributed by atoms with van der Waals surface area (Å²) in [7, 11) is 0. The maximum Gasteiger partial charge on any atom is 0.0768 e. The van der Waals surface area contributed by atoms with Crippen LogP contribution in [0.5, 0.6) is 0 Å². The highest BCUT2D eigenvalue weighted by molar-refractivity contribution is 4.86. The Morgan fingerprint density at radius 2 is 1.94 bits per heavy atom. The van der Waals surface area contributed by atoms with Crippen LogP contribution in [0.1, 0.15) is 46.5 Å². The van der Waals surface area contributed by atoms with E-state index in [1.807, 2.05) is 0 Å². The van der Waals surface area contributed by atoms with Gasteiger partial charge in [0.25, 0.3) is 0 Å². The summed E-state index contributed by atoms with van der Waals surface area (Å²) in [5.74, 6) is 0.603. The third-order valence-corrected chi connectivity index (χ3v) is 4.24. The van der Waals surface area contributed by atoms with Crippen LogP contribution in [-0.2, 0) is 0 Å². The number of aliphatic hydroxyl groups is 1. The summed E-state index contributed by atoms with van der Waals surface area (Å²) in [5.41, 5.74) is 5.59. The van der Waals surface area contributed by atoms with Crippen molar-refractivity contribution in [3.63, 3.8) is 0 Å². The molecular formula is C13H28N2O. The average molecular weight is 228 g/mol. The lowest BCUT2D eigenvalue weighted by Gasteiger charge is -2.40. The van der Waals surface area contributed by atoms with Crippen molar-refractivity contribution in [2.45, 2.75) is 58.1 Å². The van der Waals surface area contributed by atoms with Gasteiger partial charge in [-0.05, 0) is 31.7 Å². The number of hydrogen-bond donors (Lipinski definition) is 2. The molecule has 96 valence electrons. The highest BCUT2D eigenvalue weighted by Crippen LogP contribution is 2.23. The zero-order valence-electron chi connectivity index (χ0n) is 11.1. The van der Waals surface area contributed by atoms with Crippen LogP contribution in [0, 0.1) is 5.92 Å². The maximum atomic E-state index is 10.3. The minimum Gasteiger partial charge on any atom is -0.389 e. The molecule has 1 fully saturated rings. The van der Waals surface area contributed by atoms with Gasteiger partial charge in [0.2, 0.25) is 0 Å². The van der Waals surface area contributed by atoms with Gasteiger partial charge in [0, 0.05) is 19.1 Å². The first kappa shape index (κ1) is 13.9. The Balaban J connectivity index is 2.49. The Hall–Kier alpha value is -0.120. The molecule has 0 aromatic rings. The van der Waals surface area contributed by atoms with E-state index in [-0.39, 0.29) is 0 Å². The van der Waals surface area contributed by atoms with Gasteiger partial charge in [0.1, 0.15) is 0 Å². The second-order valence-electron chi connectivity index (χ2n) is 5.29. The Morgan fingerprint density at radius 1 is 1.31 bits per heavy atom. The fourth-order valence-electron chi connectivity index (χ4n) is 2.59. The topological polar surface area (TPSA) is 49.5 Å². The summed E-state index contributed by atoms with van der Waals surface area (Å²) in [6.07, 6.45) is 3.89. The van der Waals surface area contributed by atoms with Gasteiger partial charge in [-0.15, -0.1) is 0 Å². The number of nitrogens with two attached hydrogens (primary N) is 1. The Kier molecular flexibility index (Phi) is 5.22. The summed E-state index contributed by atoms with van der Waals surface area (Å²) in [6.45, 7) is 9.25. The molecular weight excluding hydrogens is 200 g/mol. The lowest BCUT2D eigenvalue weighted by molar-refractivity contribution is -0.0160. The lowest BCUT2D eigenvalue weighted by Crippen LogP contribution is -2.51. The maximum absolute atomic E-state index is 10.3. The number of likely N-dealkylation sites (tertiary alicyclic amines) is 1. The molecule has 0 saturated carbocycles. The van der Waals surface area contributed by atoms with E-state index in [2.05, 4.69) is 25.7 Å². The number of piperidine rings is 1. The zero-order chi connectivity index (χ0) is 12.2. The van der Waals surface area contributed by atoms with Gasteiger partial charge in [0.15, 0.2) is 0 Å². The van der Waals surface area contributed by atoms with Gasteiger partial charge < -0.3 is 15.7 Å². The molecule has 16 heavy (non-hydrogen) atoms. The number of rotatable bonds is 5. The molecule has 1 aliphatic rings. The first-order chi connectivity index (χ1) is 7.54. The molecule has 1 aliphatic heterocycles. The molecule has 0 spiro atoms. The van der Waals surface area contributed by atoms with E-state index in [9.17, 15) is 5.11 Å². The van der Waals surface area contributed by atoms with Crippen LogP contribution >= 0.6 is 0 Å². The first-order valence-corrected chi connectivity index (χ1v) is 6.75. The Labute approximate surface area is 100 Å². The first-order valence-electron chi connectivity index (χ1n) is 6.75. The van der Waals surface area contributed by atoms with Crippen LogP contribution in [0.3, 0.4) is 0 Å². The quantitative estimate of drug-likeness (QED) is 0.751. The van der Waals surface area contributed by atoms with Crippen molar-refractivity contribution in [2.75, 3.05) is 19.6 Å². The molecule has 0 bridgehead atoms. The highest BCUT2D eigenvalue weighted by atomic mass is 16.3. The minimum atomic E-state index is -0.500. The van der Waals surface area contributed by atoms with Gasteiger partial charge in [-0.1, -0.05) is 27.2 Å². The van der Waals surface area contributed by atoms with E-state index < -0.39 is 5.60 Å². The van der Waals surface area contributed by atoms with Gasteiger partial charge in [-0.3, -0.25) is 0 Å². The third kappa shape index (κ3) is 3.44. The van der Waals surface area contributed by atoms with Gasteiger partial charge in [-0.2, -0.15) is 0 Å². The van der Waals surface area contributed by atoms with E-state index in [0.717, 1.165) is 45.3 Å². The molecule has 3 heteroatoms. The van der Waals surface area contributed by atoms with Crippen LogP contribution in [0.15, 0.2) is 0 Å². The molecule has 0 aliphatic carbocycles. The molecule has 2 atom stereocenters. The van der Waals surface area contributed by atoms with E-state index >= 15 is 0 Å². The van der Waals surface area contributed by atoms with Crippen LogP contribution in [0.4, 0.5) is 0 Å². The van der Waals surface area contributed by atoms with Crippen LogP contribution in [0.25, 0.3) is 0 Å². The molecule has 2 unspecified atom stereocenters. The monoisotopic (exact) mass is 228 g/mol.